The quantitative estimate of drug-likeness (QED) is 0.171. The van der Waals surface area contributed by atoms with Gasteiger partial charge in [0.1, 0.15) is 0 Å². The van der Waals surface area contributed by atoms with Crippen LogP contribution < -0.4 is 0 Å². The number of rotatable bonds is 6. The third kappa shape index (κ3) is 5.84. The summed E-state index contributed by atoms with van der Waals surface area (Å²) < 4.78 is 2.38. The smallest absolute Gasteiger partial charge is 0.0963 e. The molecule has 0 saturated heterocycles. The molecule has 0 aliphatic heterocycles. The Morgan fingerprint density at radius 3 is 1.86 bits per heavy atom. The highest BCUT2D eigenvalue weighted by molar-refractivity contribution is 6.08. The molecule has 3 aromatic heterocycles. The molecule has 0 amide bonds. The van der Waals surface area contributed by atoms with Gasteiger partial charge in [-0.3, -0.25) is 4.98 Å². The van der Waals surface area contributed by atoms with Crippen LogP contribution in [-0.4, -0.2) is 14.5 Å². The fourth-order valence-corrected chi connectivity index (χ4v) is 8.87. The van der Waals surface area contributed by atoms with E-state index in [1.54, 1.807) is 0 Å². The zero-order valence-electron chi connectivity index (χ0n) is 31.3. The van der Waals surface area contributed by atoms with Crippen molar-refractivity contribution in [3.05, 3.63) is 223 Å². The lowest BCUT2D eigenvalue weighted by molar-refractivity contribution is 0.794. The number of nitrogens with zero attached hydrogens (tertiary/aromatic N) is 3. The normalized spacial score (nSPS) is 13.4. The Bertz CT molecular complexity index is 3030. The zero-order valence-corrected chi connectivity index (χ0v) is 31.3. The van der Waals surface area contributed by atoms with Crippen LogP contribution in [0, 0.1) is 0 Å². The molecule has 1 unspecified atom stereocenters. The topological polar surface area (TPSA) is 30.7 Å². The van der Waals surface area contributed by atoms with E-state index in [1.807, 2.05) is 24.4 Å². The second-order valence-corrected chi connectivity index (χ2v) is 15.0. The highest BCUT2D eigenvalue weighted by Crippen LogP contribution is 2.44. The monoisotopic (exact) mass is 727 g/mol. The van der Waals surface area contributed by atoms with Crippen molar-refractivity contribution in [1.82, 2.24) is 14.5 Å². The second-order valence-electron chi connectivity index (χ2n) is 15.0. The lowest BCUT2D eigenvalue weighted by Crippen LogP contribution is -2.12. The van der Waals surface area contributed by atoms with E-state index in [4.69, 9.17) is 9.97 Å². The molecular weight excluding hydrogens is 691 g/mol. The molecule has 3 heteroatoms. The molecule has 0 bridgehead atoms. The Morgan fingerprint density at radius 2 is 1.09 bits per heavy atom. The third-order valence-corrected chi connectivity index (χ3v) is 11.6. The van der Waals surface area contributed by atoms with Crippen LogP contribution in [0.1, 0.15) is 22.6 Å². The summed E-state index contributed by atoms with van der Waals surface area (Å²) in [5.74, 6) is 0.345. The van der Waals surface area contributed by atoms with E-state index in [1.165, 1.54) is 38.9 Å². The summed E-state index contributed by atoms with van der Waals surface area (Å²) >= 11 is 0. The fourth-order valence-electron chi connectivity index (χ4n) is 8.87. The van der Waals surface area contributed by atoms with Crippen molar-refractivity contribution in [1.29, 1.82) is 0 Å². The fraction of sp³-hybridized carbons (Fsp3) is 0.0370. The van der Waals surface area contributed by atoms with Crippen LogP contribution in [0.4, 0.5) is 0 Å². The second kappa shape index (κ2) is 13.7. The summed E-state index contributed by atoms with van der Waals surface area (Å²) in [6, 6.07) is 72.2. The van der Waals surface area contributed by atoms with Gasteiger partial charge in [-0.25, -0.2) is 4.98 Å². The summed E-state index contributed by atoms with van der Waals surface area (Å²) in [6.45, 7) is 0. The Labute approximate surface area is 332 Å². The van der Waals surface area contributed by atoms with Crippen molar-refractivity contribution in [2.24, 2.45) is 0 Å². The zero-order chi connectivity index (χ0) is 37.7. The van der Waals surface area contributed by atoms with Crippen LogP contribution in [0.2, 0.25) is 0 Å². The predicted octanol–water partition coefficient (Wildman–Crippen LogP) is 13.6. The molecule has 11 rings (SSSR count). The van der Waals surface area contributed by atoms with E-state index < -0.39 is 0 Å². The van der Waals surface area contributed by atoms with Gasteiger partial charge in [0.2, 0.25) is 0 Å². The van der Waals surface area contributed by atoms with E-state index in [-0.39, 0.29) is 0 Å². The van der Waals surface area contributed by atoms with Crippen LogP contribution in [0.3, 0.4) is 0 Å². The van der Waals surface area contributed by atoms with Crippen molar-refractivity contribution in [2.75, 3.05) is 0 Å². The Hall–Kier alpha value is -7.36. The van der Waals surface area contributed by atoms with Gasteiger partial charge in [-0.15, -0.1) is 0 Å². The number of aromatic nitrogens is 3. The Kier molecular flexibility index (Phi) is 7.96. The van der Waals surface area contributed by atoms with Crippen molar-refractivity contribution in [2.45, 2.75) is 12.3 Å². The SMILES string of the molecule is c1ccc(-c2cc(-c3cccc(-n4c5cc(-c6ccc7c(c6)-c6ccccc6C(c6ccccc6)C7)ccc5c5ncccc54)c3)cc(-c3ccccc3)n2)cc1. The lowest BCUT2D eigenvalue weighted by Gasteiger charge is -2.29. The van der Waals surface area contributed by atoms with Crippen LogP contribution in [0.15, 0.2) is 206 Å². The Balaban J connectivity index is 1.04. The molecule has 7 aromatic carbocycles. The standard InChI is InChI=1S/C54H37N3/c1-4-14-36(15-5-1)48-32-42-26-25-40(31-49(42)46-23-11-10-22-45(46)48)41-27-28-47-53(35-41)57(52-24-13-29-55-54(47)52)44-21-12-20-39(30-44)43-33-50(37-16-6-2-7-17-37)56-51(34-43)38-18-8-3-9-19-38/h1-31,33-35,48H,32H2. The van der Waals surface area contributed by atoms with Gasteiger partial charge < -0.3 is 4.57 Å². The molecule has 268 valence electrons. The van der Waals surface area contributed by atoms with Crippen LogP contribution in [-0.2, 0) is 6.42 Å². The minimum Gasteiger partial charge on any atom is -0.308 e. The lowest BCUT2D eigenvalue weighted by atomic mass is 9.75. The first-order valence-electron chi connectivity index (χ1n) is 19.7. The van der Waals surface area contributed by atoms with E-state index >= 15 is 0 Å². The predicted molar refractivity (Wildman–Crippen MR) is 236 cm³/mol. The average Bonchev–Trinajstić information content (AvgIpc) is 3.63. The maximum atomic E-state index is 5.14. The molecule has 0 radical (unpaired) electrons. The molecular formula is C54H37N3. The van der Waals surface area contributed by atoms with Gasteiger partial charge in [0, 0.05) is 34.3 Å². The summed E-state index contributed by atoms with van der Waals surface area (Å²) in [7, 11) is 0. The third-order valence-electron chi connectivity index (χ3n) is 11.6. The number of hydrogen-bond acceptors (Lipinski definition) is 2. The summed E-state index contributed by atoms with van der Waals surface area (Å²) in [5.41, 5.74) is 19.8. The first-order chi connectivity index (χ1) is 28.2. The van der Waals surface area contributed by atoms with E-state index in [9.17, 15) is 0 Å². The molecule has 0 spiro atoms. The number of pyridine rings is 2. The maximum Gasteiger partial charge on any atom is 0.0963 e. The van der Waals surface area contributed by atoms with Crippen molar-refractivity contribution in [3.63, 3.8) is 0 Å². The molecule has 3 nitrogen and oxygen atoms in total. The van der Waals surface area contributed by atoms with E-state index in [0.717, 1.165) is 67.7 Å². The van der Waals surface area contributed by atoms with Crippen LogP contribution in [0.25, 0.3) is 83.5 Å². The van der Waals surface area contributed by atoms with Gasteiger partial charge in [0.05, 0.1) is 27.9 Å². The summed E-state index contributed by atoms with van der Waals surface area (Å²) in [4.78, 5) is 10.0. The summed E-state index contributed by atoms with van der Waals surface area (Å²) in [6.07, 6.45) is 2.89. The van der Waals surface area contributed by atoms with Gasteiger partial charge in [0.15, 0.2) is 0 Å². The first-order valence-corrected chi connectivity index (χ1v) is 19.7. The molecule has 1 aliphatic rings. The van der Waals surface area contributed by atoms with Crippen molar-refractivity contribution < 1.29 is 0 Å². The summed E-state index contributed by atoms with van der Waals surface area (Å²) in [5, 5.41) is 1.13. The maximum absolute atomic E-state index is 5.14. The van der Waals surface area contributed by atoms with E-state index in [2.05, 4.69) is 187 Å². The Morgan fingerprint density at radius 1 is 0.439 bits per heavy atom. The molecule has 0 saturated carbocycles. The largest absolute Gasteiger partial charge is 0.308 e. The van der Waals surface area contributed by atoms with Crippen molar-refractivity contribution >= 4 is 21.9 Å². The number of benzene rings is 7. The molecule has 57 heavy (non-hydrogen) atoms. The molecule has 1 atom stereocenters. The highest BCUT2D eigenvalue weighted by Gasteiger charge is 2.26. The first kappa shape index (κ1) is 33.0. The molecule has 0 N–H and O–H groups in total. The van der Waals surface area contributed by atoms with E-state index in [0.29, 0.717) is 5.92 Å². The molecule has 3 heterocycles. The molecule has 10 aromatic rings. The minimum absolute atomic E-state index is 0.345. The van der Waals surface area contributed by atoms with Gasteiger partial charge in [-0.2, -0.15) is 0 Å². The van der Waals surface area contributed by atoms with Gasteiger partial charge >= 0.3 is 0 Å². The van der Waals surface area contributed by atoms with Gasteiger partial charge in [-0.05, 0) is 111 Å². The number of hydrogen-bond donors (Lipinski definition) is 0. The van der Waals surface area contributed by atoms with Crippen LogP contribution >= 0.6 is 0 Å². The molecule has 0 fully saturated rings. The highest BCUT2D eigenvalue weighted by atomic mass is 15.0. The van der Waals surface area contributed by atoms with Crippen molar-refractivity contribution in [3.8, 4) is 61.6 Å². The minimum atomic E-state index is 0.345. The molecule has 1 aliphatic carbocycles. The number of fused-ring (bicyclic) bond motifs is 6. The van der Waals surface area contributed by atoms with Gasteiger partial charge in [-0.1, -0.05) is 146 Å². The van der Waals surface area contributed by atoms with Crippen LogP contribution in [0.5, 0.6) is 0 Å². The average molecular weight is 728 g/mol. The van der Waals surface area contributed by atoms with Gasteiger partial charge in [0.25, 0.3) is 0 Å².